The van der Waals surface area contributed by atoms with Gasteiger partial charge in [0.15, 0.2) is 12.8 Å². The summed E-state index contributed by atoms with van der Waals surface area (Å²) >= 11 is 0. The topological polar surface area (TPSA) is 91.6 Å². The molecule has 1 amide bonds. The number of nitrogens with zero attached hydrogens (tertiary/aromatic N) is 1. The van der Waals surface area contributed by atoms with E-state index in [1.807, 2.05) is 0 Å². The van der Waals surface area contributed by atoms with Crippen molar-refractivity contribution in [2.75, 3.05) is 19.0 Å². The standard InChI is InChI=1S/C15H14N2O5/c1-21-15(19)11-6-2-3-7-12(11)16-13(18)10-22-14-8-4-5-9-17(14)20/h2-9H,10H2,1H3,(H,16,18). The number of amides is 1. The minimum atomic E-state index is -0.558. The Morgan fingerprint density at radius 2 is 1.91 bits per heavy atom. The molecule has 1 aromatic carbocycles. The largest absolute Gasteiger partial charge is 0.616 e. The van der Waals surface area contributed by atoms with Crippen LogP contribution >= 0.6 is 0 Å². The number of ether oxygens (including phenoxy) is 2. The number of anilines is 1. The highest BCUT2D eigenvalue weighted by atomic mass is 16.6. The van der Waals surface area contributed by atoms with Crippen LogP contribution in [0.1, 0.15) is 10.4 Å². The Bertz CT molecular complexity index is 687. The van der Waals surface area contributed by atoms with Crippen molar-refractivity contribution in [1.29, 1.82) is 0 Å². The average molecular weight is 302 g/mol. The van der Waals surface area contributed by atoms with Gasteiger partial charge in [0.1, 0.15) is 0 Å². The summed E-state index contributed by atoms with van der Waals surface area (Å²) in [5.41, 5.74) is 0.544. The highest BCUT2D eigenvalue weighted by molar-refractivity contribution is 6.01. The molecule has 0 atom stereocenters. The number of esters is 1. The van der Waals surface area contributed by atoms with Gasteiger partial charge in [0.25, 0.3) is 5.91 Å². The molecule has 2 rings (SSSR count). The van der Waals surface area contributed by atoms with Crippen LogP contribution < -0.4 is 14.8 Å². The first-order valence-corrected chi connectivity index (χ1v) is 6.40. The summed E-state index contributed by atoms with van der Waals surface area (Å²) in [7, 11) is 1.26. The van der Waals surface area contributed by atoms with E-state index in [9.17, 15) is 14.8 Å². The van der Waals surface area contributed by atoms with Crippen LogP contribution in [0.4, 0.5) is 5.69 Å². The third-order valence-corrected chi connectivity index (χ3v) is 2.75. The predicted molar refractivity (Wildman–Crippen MR) is 77.3 cm³/mol. The van der Waals surface area contributed by atoms with E-state index in [2.05, 4.69) is 10.1 Å². The molecule has 7 nitrogen and oxygen atoms in total. The highest BCUT2D eigenvalue weighted by Crippen LogP contribution is 2.15. The SMILES string of the molecule is COC(=O)c1ccccc1NC(=O)COc1cccc[n+]1[O-]. The van der Waals surface area contributed by atoms with E-state index in [1.54, 1.807) is 30.3 Å². The number of rotatable bonds is 5. The molecular weight excluding hydrogens is 288 g/mol. The molecule has 0 saturated carbocycles. The fraction of sp³-hybridized carbons (Fsp3) is 0.133. The smallest absolute Gasteiger partial charge is 0.379 e. The number of nitrogens with one attached hydrogen (secondary N) is 1. The van der Waals surface area contributed by atoms with E-state index in [0.29, 0.717) is 10.4 Å². The summed E-state index contributed by atoms with van der Waals surface area (Å²) in [4.78, 5) is 23.5. The molecule has 0 bridgehead atoms. The number of benzene rings is 1. The molecule has 0 aliphatic heterocycles. The fourth-order valence-electron chi connectivity index (χ4n) is 1.73. The molecule has 22 heavy (non-hydrogen) atoms. The van der Waals surface area contributed by atoms with Gasteiger partial charge in [-0.3, -0.25) is 4.79 Å². The van der Waals surface area contributed by atoms with Crippen molar-refractivity contribution in [3.8, 4) is 5.88 Å². The van der Waals surface area contributed by atoms with Gasteiger partial charge in [0.05, 0.1) is 24.4 Å². The highest BCUT2D eigenvalue weighted by Gasteiger charge is 2.14. The third kappa shape index (κ3) is 3.72. The molecule has 1 N–H and O–H groups in total. The molecule has 0 spiro atoms. The second kappa shape index (κ2) is 7.07. The van der Waals surface area contributed by atoms with E-state index in [4.69, 9.17) is 4.74 Å². The van der Waals surface area contributed by atoms with E-state index >= 15 is 0 Å². The molecule has 114 valence electrons. The number of hydrogen-bond donors (Lipinski definition) is 1. The van der Waals surface area contributed by atoms with Crippen molar-refractivity contribution >= 4 is 17.6 Å². The van der Waals surface area contributed by atoms with Crippen molar-refractivity contribution in [1.82, 2.24) is 0 Å². The van der Waals surface area contributed by atoms with Gasteiger partial charge in [-0.05, 0) is 18.2 Å². The Balaban J connectivity index is 2.01. The van der Waals surface area contributed by atoms with Crippen LogP contribution in [0, 0.1) is 5.21 Å². The van der Waals surface area contributed by atoms with Crippen molar-refractivity contribution in [2.45, 2.75) is 0 Å². The summed E-state index contributed by atoms with van der Waals surface area (Å²) in [6, 6.07) is 11.0. The van der Waals surface area contributed by atoms with Crippen molar-refractivity contribution in [2.24, 2.45) is 0 Å². The van der Waals surface area contributed by atoms with Crippen LogP contribution in [-0.2, 0) is 9.53 Å². The number of pyridine rings is 1. The van der Waals surface area contributed by atoms with Crippen LogP contribution in [0.25, 0.3) is 0 Å². The zero-order valence-electron chi connectivity index (χ0n) is 11.8. The monoisotopic (exact) mass is 302 g/mol. The molecular formula is C15H14N2O5. The third-order valence-electron chi connectivity index (χ3n) is 2.75. The van der Waals surface area contributed by atoms with Gasteiger partial charge in [-0.15, -0.1) is 4.73 Å². The maximum atomic E-state index is 11.9. The lowest BCUT2D eigenvalue weighted by atomic mass is 10.2. The Kier molecular flexibility index (Phi) is 4.92. The minimum absolute atomic E-state index is 0.0129. The molecule has 0 radical (unpaired) electrons. The molecule has 0 saturated heterocycles. The summed E-state index contributed by atoms with van der Waals surface area (Å²) in [5.74, 6) is -1.05. The van der Waals surface area contributed by atoms with Gasteiger partial charge in [-0.1, -0.05) is 12.1 Å². The Morgan fingerprint density at radius 1 is 1.18 bits per heavy atom. The lowest BCUT2D eigenvalue weighted by molar-refractivity contribution is -0.612. The zero-order chi connectivity index (χ0) is 15.9. The van der Waals surface area contributed by atoms with E-state index in [-0.39, 0.29) is 18.1 Å². The first-order chi connectivity index (χ1) is 10.6. The van der Waals surface area contributed by atoms with Gasteiger partial charge in [-0.25, -0.2) is 4.79 Å². The van der Waals surface area contributed by atoms with Crippen LogP contribution in [0.5, 0.6) is 5.88 Å². The Morgan fingerprint density at radius 3 is 2.64 bits per heavy atom. The first-order valence-electron chi connectivity index (χ1n) is 6.40. The molecule has 0 aliphatic rings. The fourth-order valence-corrected chi connectivity index (χ4v) is 1.73. The van der Waals surface area contributed by atoms with Gasteiger partial charge in [-0.2, -0.15) is 0 Å². The van der Waals surface area contributed by atoms with Gasteiger partial charge in [0.2, 0.25) is 0 Å². The second-order valence-electron chi connectivity index (χ2n) is 4.24. The summed E-state index contributed by atoms with van der Waals surface area (Å²) < 4.78 is 10.3. The van der Waals surface area contributed by atoms with Crippen molar-refractivity contribution in [3.05, 3.63) is 59.4 Å². The predicted octanol–water partition coefficient (Wildman–Crippen LogP) is 1.12. The molecule has 0 fully saturated rings. The summed E-state index contributed by atoms with van der Waals surface area (Å²) in [6.07, 6.45) is 1.26. The Labute approximate surface area is 126 Å². The quantitative estimate of drug-likeness (QED) is 0.508. The zero-order valence-corrected chi connectivity index (χ0v) is 11.8. The normalized spacial score (nSPS) is 9.86. The number of para-hydroxylation sites is 1. The van der Waals surface area contributed by atoms with Gasteiger partial charge >= 0.3 is 11.8 Å². The summed E-state index contributed by atoms with van der Waals surface area (Å²) in [5, 5.41) is 13.9. The summed E-state index contributed by atoms with van der Waals surface area (Å²) in [6.45, 7) is -0.359. The number of methoxy groups -OCH3 is 1. The molecule has 0 aliphatic carbocycles. The van der Waals surface area contributed by atoms with Gasteiger partial charge in [0, 0.05) is 6.07 Å². The number of hydrogen-bond acceptors (Lipinski definition) is 5. The lowest BCUT2D eigenvalue weighted by Gasteiger charge is -2.10. The maximum Gasteiger partial charge on any atom is 0.379 e. The van der Waals surface area contributed by atoms with E-state index < -0.39 is 11.9 Å². The van der Waals surface area contributed by atoms with E-state index in [1.165, 1.54) is 25.4 Å². The average Bonchev–Trinajstić information content (AvgIpc) is 2.54. The van der Waals surface area contributed by atoms with Crippen molar-refractivity contribution in [3.63, 3.8) is 0 Å². The molecule has 1 aromatic heterocycles. The lowest BCUT2D eigenvalue weighted by Crippen LogP contribution is -2.31. The molecule has 7 heteroatoms. The molecule has 0 unspecified atom stereocenters. The number of carbonyl (C=O) groups excluding carboxylic acids is 2. The minimum Gasteiger partial charge on any atom is -0.616 e. The Hall–Kier alpha value is -3.09. The number of aromatic nitrogens is 1. The maximum absolute atomic E-state index is 11.9. The number of carbonyl (C=O) groups is 2. The van der Waals surface area contributed by atoms with Crippen LogP contribution in [0.3, 0.4) is 0 Å². The van der Waals surface area contributed by atoms with Gasteiger partial charge < -0.3 is 20.0 Å². The van der Waals surface area contributed by atoms with Crippen LogP contribution in [0.15, 0.2) is 48.7 Å². The second-order valence-corrected chi connectivity index (χ2v) is 4.24. The molecule has 2 aromatic rings. The van der Waals surface area contributed by atoms with Crippen LogP contribution in [-0.4, -0.2) is 25.6 Å². The molecule has 1 heterocycles. The first kappa shape index (κ1) is 15.3. The van der Waals surface area contributed by atoms with Crippen molar-refractivity contribution < 1.29 is 23.8 Å². The van der Waals surface area contributed by atoms with E-state index in [0.717, 1.165) is 0 Å². The van der Waals surface area contributed by atoms with Crippen LogP contribution in [0.2, 0.25) is 0 Å².